The third kappa shape index (κ3) is 2.41. The molecule has 21 heavy (non-hydrogen) atoms. The van der Waals surface area contributed by atoms with E-state index in [-0.39, 0.29) is 11.6 Å². The van der Waals surface area contributed by atoms with Crippen LogP contribution in [0.4, 0.5) is 4.39 Å². The normalized spacial score (nSPS) is 14.4. The molecule has 0 N–H and O–H groups in total. The Kier molecular flexibility index (Phi) is 3.44. The third-order valence-corrected chi connectivity index (χ3v) is 4.37. The standard InChI is InChI=1S/C18H20FNO/c1-11-7-14(8-12(2)18(11)19)10-20-13(3)9-15-16(20)5-4-6-17(15)21/h7-9H,4-6,10H2,1-3H3. The Morgan fingerprint density at radius 1 is 1.10 bits per heavy atom. The second kappa shape index (κ2) is 5.14. The van der Waals surface area contributed by atoms with Crippen LogP contribution in [0.5, 0.6) is 0 Å². The average molecular weight is 285 g/mol. The summed E-state index contributed by atoms with van der Waals surface area (Å²) in [4.78, 5) is 12.0. The number of carbonyl (C=O) groups is 1. The molecule has 0 spiro atoms. The summed E-state index contributed by atoms with van der Waals surface area (Å²) in [6.07, 6.45) is 2.54. The molecule has 0 fully saturated rings. The number of rotatable bonds is 2. The molecule has 1 aromatic carbocycles. The first-order valence-electron chi connectivity index (χ1n) is 7.45. The van der Waals surface area contributed by atoms with Crippen molar-refractivity contribution in [3.63, 3.8) is 0 Å². The molecule has 1 aliphatic carbocycles. The SMILES string of the molecule is Cc1cc(Cn2c(C)cc3c2CCCC3=O)cc(C)c1F. The molecule has 0 radical (unpaired) electrons. The number of benzene rings is 1. The molecule has 110 valence electrons. The van der Waals surface area contributed by atoms with Gasteiger partial charge in [0, 0.05) is 29.9 Å². The van der Waals surface area contributed by atoms with E-state index in [2.05, 4.69) is 4.57 Å². The molecule has 1 aliphatic rings. The topological polar surface area (TPSA) is 22.0 Å². The Morgan fingerprint density at radius 2 is 1.76 bits per heavy atom. The van der Waals surface area contributed by atoms with E-state index in [0.717, 1.165) is 35.4 Å². The number of nitrogens with zero attached hydrogens (tertiary/aromatic N) is 1. The number of carbonyl (C=O) groups excluding carboxylic acids is 1. The zero-order valence-electron chi connectivity index (χ0n) is 12.8. The molecule has 0 saturated heterocycles. The lowest BCUT2D eigenvalue weighted by Gasteiger charge is -2.17. The molecule has 1 aromatic heterocycles. The monoisotopic (exact) mass is 285 g/mol. The highest BCUT2D eigenvalue weighted by Gasteiger charge is 2.22. The summed E-state index contributed by atoms with van der Waals surface area (Å²) in [6, 6.07) is 5.80. The van der Waals surface area contributed by atoms with E-state index >= 15 is 0 Å². The van der Waals surface area contributed by atoms with Crippen LogP contribution in [0.3, 0.4) is 0 Å². The molecule has 2 aromatic rings. The molecule has 0 saturated carbocycles. The third-order valence-electron chi connectivity index (χ3n) is 4.37. The minimum absolute atomic E-state index is 0.125. The lowest BCUT2D eigenvalue weighted by atomic mass is 9.96. The maximum absolute atomic E-state index is 13.7. The van der Waals surface area contributed by atoms with Crippen LogP contribution in [-0.4, -0.2) is 10.4 Å². The fourth-order valence-electron chi connectivity index (χ4n) is 3.32. The minimum Gasteiger partial charge on any atom is -0.344 e. The van der Waals surface area contributed by atoms with Crippen molar-refractivity contribution >= 4 is 5.78 Å². The van der Waals surface area contributed by atoms with E-state index in [9.17, 15) is 9.18 Å². The van der Waals surface area contributed by atoms with Gasteiger partial charge in [0.1, 0.15) is 5.82 Å². The quantitative estimate of drug-likeness (QED) is 0.813. The highest BCUT2D eigenvalue weighted by molar-refractivity contribution is 5.98. The molecule has 0 unspecified atom stereocenters. The van der Waals surface area contributed by atoms with E-state index < -0.39 is 0 Å². The highest BCUT2D eigenvalue weighted by atomic mass is 19.1. The molecule has 0 amide bonds. The molecule has 0 aliphatic heterocycles. The molecule has 3 heteroatoms. The van der Waals surface area contributed by atoms with Crippen LogP contribution in [0.1, 0.15) is 51.3 Å². The lowest BCUT2D eigenvalue weighted by molar-refractivity contribution is 0.0972. The Balaban J connectivity index is 2.01. The molecule has 2 nitrogen and oxygen atoms in total. The molecular formula is C18H20FNO. The van der Waals surface area contributed by atoms with Crippen LogP contribution in [0.15, 0.2) is 18.2 Å². The summed E-state index contributed by atoms with van der Waals surface area (Å²) in [7, 11) is 0. The Hall–Kier alpha value is -1.90. The summed E-state index contributed by atoms with van der Waals surface area (Å²) in [5.41, 5.74) is 5.58. The van der Waals surface area contributed by atoms with Crippen molar-refractivity contribution in [1.82, 2.24) is 4.57 Å². The van der Waals surface area contributed by atoms with Gasteiger partial charge in [0.25, 0.3) is 0 Å². The molecule has 0 atom stereocenters. The fraction of sp³-hybridized carbons (Fsp3) is 0.389. The molecule has 0 bridgehead atoms. The van der Waals surface area contributed by atoms with Gasteiger partial charge in [-0.1, -0.05) is 12.1 Å². The van der Waals surface area contributed by atoms with Crippen molar-refractivity contribution in [3.05, 3.63) is 57.7 Å². The van der Waals surface area contributed by atoms with Crippen LogP contribution in [0.2, 0.25) is 0 Å². The van der Waals surface area contributed by atoms with Gasteiger partial charge in [-0.05, 0) is 56.4 Å². The number of halogens is 1. The summed E-state index contributed by atoms with van der Waals surface area (Å²) < 4.78 is 15.9. The summed E-state index contributed by atoms with van der Waals surface area (Å²) in [6.45, 7) is 6.34. The van der Waals surface area contributed by atoms with Crippen molar-refractivity contribution in [3.8, 4) is 0 Å². The van der Waals surface area contributed by atoms with Gasteiger partial charge >= 0.3 is 0 Å². The zero-order valence-corrected chi connectivity index (χ0v) is 12.8. The molecule has 3 rings (SSSR count). The maximum atomic E-state index is 13.7. The van der Waals surface area contributed by atoms with Crippen LogP contribution < -0.4 is 0 Å². The van der Waals surface area contributed by atoms with E-state index in [4.69, 9.17) is 0 Å². The van der Waals surface area contributed by atoms with Crippen LogP contribution >= 0.6 is 0 Å². The van der Waals surface area contributed by atoms with Gasteiger partial charge in [0.15, 0.2) is 5.78 Å². The van der Waals surface area contributed by atoms with Crippen molar-refractivity contribution in [2.45, 2.75) is 46.6 Å². The second-order valence-corrected chi connectivity index (χ2v) is 6.05. The van der Waals surface area contributed by atoms with Gasteiger partial charge in [-0.25, -0.2) is 4.39 Å². The second-order valence-electron chi connectivity index (χ2n) is 6.05. The smallest absolute Gasteiger partial charge is 0.164 e. The first-order valence-corrected chi connectivity index (χ1v) is 7.45. The van der Waals surface area contributed by atoms with Gasteiger partial charge in [-0.15, -0.1) is 0 Å². The van der Waals surface area contributed by atoms with Crippen molar-refractivity contribution in [2.24, 2.45) is 0 Å². The largest absolute Gasteiger partial charge is 0.344 e. The molecular weight excluding hydrogens is 265 g/mol. The Bertz CT molecular complexity index is 704. The Morgan fingerprint density at radius 3 is 2.43 bits per heavy atom. The van der Waals surface area contributed by atoms with E-state index in [0.29, 0.717) is 24.1 Å². The van der Waals surface area contributed by atoms with Crippen LogP contribution in [0.25, 0.3) is 0 Å². The molecule has 1 heterocycles. The van der Waals surface area contributed by atoms with Crippen molar-refractivity contribution in [1.29, 1.82) is 0 Å². The predicted octanol–water partition coefficient (Wildman–Crippen LogP) is 4.12. The average Bonchev–Trinajstić information content (AvgIpc) is 2.75. The fourth-order valence-corrected chi connectivity index (χ4v) is 3.32. The van der Waals surface area contributed by atoms with Gasteiger partial charge in [-0.2, -0.15) is 0 Å². The van der Waals surface area contributed by atoms with Gasteiger partial charge in [0.2, 0.25) is 0 Å². The van der Waals surface area contributed by atoms with Crippen LogP contribution in [0, 0.1) is 26.6 Å². The lowest BCUT2D eigenvalue weighted by Crippen LogP contribution is -2.14. The summed E-state index contributed by atoms with van der Waals surface area (Å²) >= 11 is 0. The van der Waals surface area contributed by atoms with Crippen molar-refractivity contribution < 1.29 is 9.18 Å². The first kappa shape index (κ1) is 14.1. The summed E-state index contributed by atoms with van der Waals surface area (Å²) in [5, 5.41) is 0. The first-order chi connectivity index (χ1) is 9.97. The van der Waals surface area contributed by atoms with Crippen LogP contribution in [-0.2, 0) is 13.0 Å². The number of fused-ring (bicyclic) bond motifs is 1. The zero-order chi connectivity index (χ0) is 15.1. The predicted molar refractivity (Wildman–Crippen MR) is 81.4 cm³/mol. The van der Waals surface area contributed by atoms with E-state index in [1.165, 1.54) is 0 Å². The summed E-state index contributed by atoms with van der Waals surface area (Å²) in [5.74, 6) is 0.129. The number of Topliss-reactive ketones (excluding diaryl/α,β-unsaturated/α-hetero) is 1. The van der Waals surface area contributed by atoms with Crippen molar-refractivity contribution in [2.75, 3.05) is 0 Å². The number of hydrogen-bond acceptors (Lipinski definition) is 1. The number of aryl methyl sites for hydroxylation is 3. The Labute approximate surface area is 124 Å². The number of aromatic nitrogens is 1. The number of hydrogen-bond donors (Lipinski definition) is 0. The van der Waals surface area contributed by atoms with E-state index in [1.807, 2.05) is 25.1 Å². The van der Waals surface area contributed by atoms with Gasteiger partial charge < -0.3 is 4.57 Å². The van der Waals surface area contributed by atoms with Gasteiger partial charge in [-0.3, -0.25) is 4.79 Å². The number of ketones is 1. The highest BCUT2D eigenvalue weighted by Crippen LogP contribution is 2.26. The maximum Gasteiger partial charge on any atom is 0.164 e. The minimum atomic E-state index is -0.125. The van der Waals surface area contributed by atoms with E-state index in [1.54, 1.807) is 13.8 Å². The van der Waals surface area contributed by atoms with Gasteiger partial charge in [0.05, 0.1) is 0 Å².